The Balaban J connectivity index is 2.16. The maximum Gasteiger partial charge on any atom is 0.243 e. The van der Waals surface area contributed by atoms with E-state index in [1.54, 1.807) is 16.4 Å². The molecule has 2 rings (SSSR count). The first-order chi connectivity index (χ1) is 9.55. The molecule has 0 saturated carbocycles. The van der Waals surface area contributed by atoms with E-state index in [1.165, 1.54) is 0 Å². The Labute approximate surface area is 122 Å². The zero-order chi connectivity index (χ0) is 14.6. The van der Waals surface area contributed by atoms with Crippen LogP contribution in [0.25, 0.3) is 0 Å². The molecule has 1 unspecified atom stereocenters. The van der Waals surface area contributed by atoms with Crippen molar-refractivity contribution >= 4 is 10.0 Å². The number of sulfonamides is 1. The highest BCUT2D eigenvalue weighted by Crippen LogP contribution is 2.22. The van der Waals surface area contributed by atoms with Crippen LogP contribution in [0.2, 0.25) is 0 Å². The standard InChI is InChI=1S/C15H24N2O2S/c1-3-16-13(2)14-7-9-15(10-8-14)20(18,19)17-11-5-4-6-12-17/h7-10,13,16H,3-6,11-12H2,1-2H3. The minimum absolute atomic E-state index is 0.242. The van der Waals surface area contributed by atoms with Gasteiger partial charge in [-0.1, -0.05) is 25.5 Å². The van der Waals surface area contributed by atoms with Gasteiger partial charge >= 0.3 is 0 Å². The monoisotopic (exact) mass is 296 g/mol. The number of hydrogen-bond acceptors (Lipinski definition) is 3. The van der Waals surface area contributed by atoms with Crippen molar-refractivity contribution in [1.82, 2.24) is 9.62 Å². The lowest BCUT2D eigenvalue weighted by atomic mass is 10.1. The van der Waals surface area contributed by atoms with Crippen molar-refractivity contribution in [3.8, 4) is 0 Å². The fraction of sp³-hybridized carbons (Fsp3) is 0.600. The van der Waals surface area contributed by atoms with Crippen LogP contribution in [0.15, 0.2) is 29.2 Å². The van der Waals surface area contributed by atoms with Crippen LogP contribution in [0.3, 0.4) is 0 Å². The Morgan fingerprint density at radius 3 is 2.30 bits per heavy atom. The summed E-state index contributed by atoms with van der Waals surface area (Å²) in [7, 11) is -3.30. The van der Waals surface area contributed by atoms with E-state index in [4.69, 9.17) is 0 Å². The van der Waals surface area contributed by atoms with Crippen molar-refractivity contribution in [2.24, 2.45) is 0 Å². The van der Waals surface area contributed by atoms with E-state index in [-0.39, 0.29) is 6.04 Å². The molecule has 1 heterocycles. The summed E-state index contributed by atoms with van der Waals surface area (Å²) in [4.78, 5) is 0.409. The summed E-state index contributed by atoms with van der Waals surface area (Å²) in [5.41, 5.74) is 1.12. The Kier molecular flexibility index (Phi) is 5.18. The SMILES string of the molecule is CCNC(C)c1ccc(S(=O)(=O)N2CCCCC2)cc1. The predicted octanol–water partition coefficient (Wildman–Crippen LogP) is 2.53. The summed E-state index contributed by atoms with van der Waals surface area (Å²) in [5.74, 6) is 0. The van der Waals surface area contributed by atoms with Crippen LogP contribution in [0.5, 0.6) is 0 Å². The van der Waals surface area contributed by atoms with Crippen molar-refractivity contribution in [3.63, 3.8) is 0 Å². The van der Waals surface area contributed by atoms with Crippen LogP contribution in [0.1, 0.15) is 44.7 Å². The molecular formula is C15H24N2O2S. The van der Waals surface area contributed by atoms with Crippen LogP contribution in [0, 0.1) is 0 Å². The molecular weight excluding hydrogens is 272 g/mol. The van der Waals surface area contributed by atoms with E-state index < -0.39 is 10.0 Å². The summed E-state index contributed by atoms with van der Waals surface area (Å²) in [5, 5.41) is 3.32. The number of nitrogens with zero attached hydrogens (tertiary/aromatic N) is 1. The van der Waals surface area contributed by atoms with Crippen LogP contribution in [-0.2, 0) is 10.0 Å². The molecule has 20 heavy (non-hydrogen) atoms. The number of hydrogen-bond donors (Lipinski definition) is 1. The summed E-state index contributed by atoms with van der Waals surface area (Å²) in [6.07, 6.45) is 3.06. The molecule has 1 N–H and O–H groups in total. The molecule has 0 aliphatic carbocycles. The Morgan fingerprint density at radius 2 is 1.75 bits per heavy atom. The van der Waals surface area contributed by atoms with E-state index in [2.05, 4.69) is 19.2 Å². The normalized spacial score (nSPS) is 18.9. The first-order valence-electron chi connectivity index (χ1n) is 7.39. The van der Waals surface area contributed by atoms with Crippen molar-refractivity contribution in [2.45, 2.75) is 44.0 Å². The Bertz CT molecular complexity index is 519. The van der Waals surface area contributed by atoms with Crippen molar-refractivity contribution in [1.29, 1.82) is 0 Å². The first kappa shape index (κ1) is 15.5. The van der Waals surface area contributed by atoms with Crippen LogP contribution < -0.4 is 5.32 Å². The van der Waals surface area contributed by atoms with E-state index in [0.717, 1.165) is 31.4 Å². The fourth-order valence-electron chi connectivity index (χ4n) is 2.61. The van der Waals surface area contributed by atoms with Gasteiger partial charge in [-0.2, -0.15) is 4.31 Å². The third-order valence-electron chi connectivity index (χ3n) is 3.84. The predicted molar refractivity (Wildman–Crippen MR) is 81.1 cm³/mol. The van der Waals surface area contributed by atoms with Gasteiger partial charge in [0, 0.05) is 19.1 Å². The highest BCUT2D eigenvalue weighted by molar-refractivity contribution is 7.89. The quantitative estimate of drug-likeness (QED) is 0.908. The highest BCUT2D eigenvalue weighted by atomic mass is 32.2. The lowest BCUT2D eigenvalue weighted by Crippen LogP contribution is -2.35. The molecule has 1 atom stereocenters. The number of piperidine rings is 1. The lowest BCUT2D eigenvalue weighted by molar-refractivity contribution is 0.346. The van der Waals surface area contributed by atoms with Gasteiger partial charge in [-0.3, -0.25) is 0 Å². The third-order valence-corrected chi connectivity index (χ3v) is 5.76. The zero-order valence-electron chi connectivity index (χ0n) is 12.3. The molecule has 1 fully saturated rings. The fourth-order valence-corrected chi connectivity index (χ4v) is 4.12. The van der Waals surface area contributed by atoms with Crippen LogP contribution >= 0.6 is 0 Å². The molecule has 0 amide bonds. The van der Waals surface area contributed by atoms with E-state index >= 15 is 0 Å². The van der Waals surface area contributed by atoms with Crippen molar-refractivity contribution < 1.29 is 8.42 Å². The maximum absolute atomic E-state index is 12.5. The summed E-state index contributed by atoms with van der Waals surface area (Å²) in [6.45, 7) is 6.34. The van der Waals surface area contributed by atoms with Gasteiger partial charge in [-0.05, 0) is 44.0 Å². The second-order valence-corrected chi connectivity index (χ2v) is 7.25. The summed E-state index contributed by atoms with van der Waals surface area (Å²) < 4.78 is 26.6. The highest BCUT2D eigenvalue weighted by Gasteiger charge is 2.25. The number of rotatable bonds is 5. The molecule has 0 spiro atoms. The molecule has 0 radical (unpaired) electrons. The van der Waals surface area contributed by atoms with Crippen LogP contribution in [0.4, 0.5) is 0 Å². The minimum atomic E-state index is -3.30. The second kappa shape index (κ2) is 6.70. The molecule has 0 bridgehead atoms. The maximum atomic E-state index is 12.5. The molecule has 1 aromatic carbocycles. The minimum Gasteiger partial charge on any atom is -0.310 e. The van der Waals surface area contributed by atoms with Gasteiger partial charge in [0.25, 0.3) is 0 Å². The van der Waals surface area contributed by atoms with Gasteiger partial charge in [0.1, 0.15) is 0 Å². The molecule has 0 aromatic heterocycles. The van der Waals surface area contributed by atoms with Gasteiger partial charge in [-0.15, -0.1) is 0 Å². The number of benzene rings is 1. The van der Waals surface area contributed by atoms with E-state index in [0.29, 0.717) is 18.0 Å². The molecule has 1 aromatic rings. The topological polar surface area (TPSA) is 49.4 Å². The average Bonchev–Trinajstić information content (AvgIpc) is 2.48. The third kappa shape index (κ3) is 3.40. The summed E-state index contributed by atoms with van der Waals surface area (Å²) >= 11 is 0. The molecule has 4 nitrogen and oxygen atoms in total. The molecule has 5 heteroatoms. The van der Waals surface area contributed by atoms with Crippen LogP contribution in [-0.4, -0.2) is 32.4 Å². The molecule has 1 aliphatic rings. The van der Waals surface area contributed by atoms with Gasteiger partial charge in [0.2, 0.25) is 10.0 Å². The van der Waals surface area contributed by atoms with Gasteiger partial charge in [0.15, 0.2) is 0 Å². The zero-order valence-corrected chi connectivity index (χ0v) is 13.1. The van der Waals surface area contributed by atoms with Gasteiger partial charge in [-0.25, -0.2) is 8.42 Å². The van der Waals surface area contributed by atoms with E-state index in [1.807, 2.05) is 12.1 Å². The second-order valence-electron chi connectivity index (χ2n) is 5.31. The largest absolute Gasteiger partial charge is 0.310 e. The Morgan fingerprint density at radius 1 is 1.15 bits per heavy atom. The first-order valence-corrected chi connectivity index (χ1v) is 8.83. The van der Waals surface area contributed by atoms with Crippen molar-refractivity contribution in [3.05, 3.63) is 29.8 Å². The molecule has 112 valence electrons. The molecule has 1 aliphatic heterocycles. The van der Waals surface area contributed by atoms with Crippen molar-refractivity contribution in [2.75, 3.05) is 19.6 Å². The van der Waals surface area contributed by atoms with Gasteiger partial charge in [0.05, 0.1) is 4.90 Å². The van der Waals surface area contributed by atoms with E-state index in [9.17, 15) is 8.42 Å². The average molecular weight is 296 g/mol. The lowest BCUT2D eigenvalue weighted by Gasteiger charge is -2.26. The summed E-state index contributed by atoms with van der Waals surface area (Å²) in [6, 6.07) is 7.51. The van der Waals surface area contributed by atoms with Gasteiger partial charge < -0.3 is 5.32 Å². The molecule has 1 saturated heterocycles. The number of nitrogens with one attached hydrogen (secondary N) is 1. The Hall–Kier alpha value is -0.910. The smallest absolute Gasteiger partial charge is 0.243 e.